The maximum absolute atomic E-state index is 11.9. The first-order valence-corrected chi connectivity index (χ1v) is 5.54. The van der Waals surface area contributed by atoms with E-state index in [0.717, 1.165) is 0 Å². The molecule has 1 rings (SSSR count). The number of rotatable bonds is 3. The molecule has 0 amide bonds. The van der Waals surface area contributed by atoms with Crippen LogP contribution in [0.4, 0.5) is 0 Å². The summed E-state index contributed by atoms with van der Waals surface area (Å²) in [6, 6.07) is 6.92. The SMILES string of the molecule is CCC(=O)c1ccc(C(=O)C(C)(C)C)cc1. The van der Waals surface area contributed by atoms with E-state index in [9.17, 15) is 9.59 Å². The van der Waals surface area contributed by atoms with Gasteiger partial charge in [0.25, 0.3) is 0 Å². The number of carbonyl (C=O) groups is 2. The Morgan fingerprint density at radius 1 is 1.00 bits per heavy atom. The first-order chi connectivity index (χ1) is 7.36. The second kappa shape index (κ2) is 4.60. The first-order valence-electron chi connectivity index (χ1n) is 5.54. The van der Waals surface area contributed by atoms with Gasteiger partial charge in [-0.15, -0.1) is 0 Å². The number of hydrogen-bond donors (Lipinski definition) is 0. The molecule has 0 radical (unpaired) electrons. The van der Waals surface area contributed by atoms with Crippen molar-refractivity contribution in [2.24, 2.45) is 5.41 Å². The Hall–Kier alpha value is -1.44. The molecule has 2 heteroatoms. The number of hydrogen-bond acceptors (Lipinski definition) is 2. The Balaban J connectivity index is 2.96. The van der Waals surface area contributed by atoms with Gasteiger partial charge in [-0.2, -0.15) is 0 Å². The van der Waals surface area contributed by atoms with Crippen molar-refractivity contribution < 1.29 is 9.59 Å². The van der Waals surface area contributed by atoms with Crippen LogP contribution in [-0.4, -0.2) is 11.6 Å². The zero-order chi connectivity index (χ0) is 12.3. The smallest absolute Gasteiger partial charge is 0.168 e. The maximum atomic E-state index is 11.9. The summed E-state index contributed by atoms with van der Waals surface area (Å²) in [5.74, 6) is 0.206. The van der Waals surface area contributed by atoms with Crippen LogP contribution in [0, 0.1) is 5.41 Å². The van der Waals surface area contributed by atoms with Gasteiger partial charge in [0.05, 0.1) is 0 Å². The van der Waals surface area contributed by atoms with E-state index >= 15 is 0 Å². The zero-order valence-electron chi connectivity index (χ0n) is 10.3. The van der Waals surface area contributed by atoms with E-state index in [4.69, 9.17) is 0 Å². The summed E-state index contributed by atoms with van der Waals surface area (Å²) in [5, 5.41) is 0. The molecule has 16 heavy (non-hydrogen) atoms. The monoisotopic (exact) mass is 218 g/mol. The van der Waals surface area contributed by atoms with Gasteiger partial charge in [-0.05, 0) is 0 Å². The van der Waals surface area contributed by atoms with Gasteiger partial charge in [0, 0.05) is 23.0 Å². The second-order valence-electron chi connectivity index (χ2n) is 4.93. The highest BCUT2D eigenvalue weighted by Crippen LogP contribution is 2.21. The number of Topliss-reactive ketones (excluding diaryl/α,β-unsaturated/α-hetero) is 2. The molecule has 2 nitrogen and oxygen atoms in total. The van der Waals surface area contributed by atoms with E-state index in [2.05, 4.69) is 0 Å². The lowest BCUT2D eigenvalue weighted by atomic mass is 9.86. The van der Waals surface area contributed by atoms with E-state index in [1.165, 1.54) is 0 Å². The Kier molecular flexibility index (Phi) is 3.63. The molecule has 86 valence electrons. The molecule has 0 saturated heterocycles. The Labute approximate surface area is 96.7 Å². The van der Waals surface area contributed by atoms with Crippen LogP contribution in [-0.2, 0) is 0 Å². The number of benzene rings is 1. The van der Waals surface area contributed by atoms with Crippen molar-refractivity contribution in [1.29, 1.82) is 0 Å². The molecule has 0 aliphatic heterocycles. The second-order valence-corrected chi connectivity index (χ2v) is 4.93. The van der Waals surface area contributed by atoms with Gasteiger partial charge < -0.3 is 0 Å². The average Bonchev–Trinajstić information content (AvgIpc) is 2.26. The summed E-state index contributed by atoms with van der Waals surface area (Å²) in [4.78, 5) is 23.3. The van der Waals surface area contributed by atoms with Crippen molar-refractivity contribution in [3.63, 3.8) is 0 Å². The Morgan fingerprint density at radius 2 is 1.44 bits per heavy atom. The Bertz CT molecular complexity index is 394. The maximum Gasteiger partial charge on any atom is 0.168 e. The van der Waals surface area contributed by atoms with Gasteiger partial charge in [0.15, 0.2) is 11.6 Å². The predicted molar refractivity (Wildman–Crippen MR) is 64.8 cm³/mol. The molecule has 0 atom stereocenters. The summed E-state index contributed by atoms with van der Waals surface area (Å²) < 4.78 is 0. The topological polar surface area (TPSA) is 34.1 Å². The van der Waals surface area contributed by atoms with Crippen LogP contribution >= 0.6 is 0 Å². The lowest BCUT2D eigenvalue weighted by Gasteiger charge is -2.16. The van der Waals surface area contributed by atoms with E-state index in [-0.39, 0.29) is 17.0 Å². The molecule has 0 aliphatic carbocycles. The predicted octanol–water partition coefficient (Wildman–Crippen LogP) is 3.51. The van der Waals surface area contributed by atoms with Crippen LogP contribution in [0.25, 0.3) is 0 Å². The van der Waals surface area contributed by atoms with Gasteiger partial charge in [-0.25, -0.2) is 0 Å². The summed E-state index contributed by atoms with van der Waals surface area (Å²) >= 11 is 0. The highest BCUT2D eigenvalue weighted by atomic mass is 16.1. The van der Waals surface area contributed by atoms with Crippen molar-refractivity contribution in [3.8, 4) is 0 Å². The zero-order valence-corrected chi connectivity index (χ0v) is 10.3. The van der Waals surface area contributed by atoms with Crippen molar-refractivity contribution in [1.82, 2.24) is 0 Å². The summed E-state index contributed by atoms with van der Waals surface area (Å²) in [6.45, 7) is 7.50. The van der Waals surface area contributed by atoms with Crippen molar-refractivity contribution >= 4 is 11.6 Å². The fraction of sp³-hybridized carbons (Fsp3) is 0.429. The third-order valence-corrected chi connectivity index (χ3v) is 2.47. The summed E-state index contributed by atoms with van der Waals surface area (Å²) in [7, 11) is 0. The minimum Gasteiger partial charge on any atom is -0.294 e. The molecule has 0 saturated carbocycles. The molecule has 1 aromatic carbocycles. The molecule has 1 aromatic rings. The van der Waals surface area contributed by atoms with E-state index in [1.807, 2.05) is 27.7 Å². The molecule has 0 aliphatic rings. The summed E-state index contributed by atoms with van der Waals surface area (Å²) in [6.07, 6.45) is 0.493. The van der Waals surface area contributed by atoms with Crippen LogP contribution in [0.2, 0.25) is 0 Å². The van der Waals surface area contributed by atoms with E-state index < -0.39 is 0 Å². The van der Waals surface area contributed by atoms with Gasteiger partial charge >= 0.3 is 0 Å². The van der Waals surface area contributed by atoms with Crippen LogP contribution < -0.4 is 0 Å². The molecule has 0 fully saturated rings. The first kappa shape index (κ1) is 12.6. The van der Waals surface area contributed by atoms with Gasteiger partial charge in [0.1, 0.15) is 0 Å². The molecule has 0 aromatic heterocycles. The van der Waals surface area contributed by atoms with Gasteiger partial charge in [-0.1, -0.05) is 52.0 Å². The molecule has 0 spiro atoms. The molecule has 0 bridgehead atoms. The molecule has 0 heterocycles. The van der Waals surface area contributed by atoms with Gasteiger partial charge in [0.2, 0.25) is 0 Å². The largest absolute Gasteiger partial charge is 0.294 e. The minimum absolute atomic E-state index is 0.1000. The fourth-order valence-electron chi connectivity index (χ4n) is 1.44. The lowest BCUT2D eigenvalue weighted by Crippen LogP contribution is -2.20. The van der Waals surface area contributed by atoms with Crippen molar-refractivity contribution in [3.05, 3.63) is 35.4 Å². The average molecular weight is 218 g/mol. The van der Waals surface area contributed by atoms with E-state index in [0.29, 0.717) is 17.5 Å². The highest BCUT2D eigenvalue weighted by molar-refractivity contribution is 6.01. The Morgan fingerprint density at radius 3 is 1.81 bits per heavy atom. The van der Waals surface area contributed by atoms with Crippen molar-refractivity contribution in [2.75, 3.05) is 0 Å². The minimum atomic E-state index is -0.379. The third kappa shape index (κ3) is 2.78. The molecular weight excluding hydrogens is 200 g/mol. The normalized spacial score (nSPS) is 11.2. The quantitative estimate of drug-likeness (QED) is 0.727. The molecular formula is C14H18O2. The van der Waals surface area contributed by atoms with E-state index in [1.54, 1.807) is 24.3 Å². The van der Waals surface area contributed by atoms with Crippen LogP contribution in [0.1, 0.15) is 54.8 Å². The van der Waals surface area contributed by atoms with Crippen LogP contribution in [0.15, 0.2) is 24.3 Å². The number of carbonyl (C=O) groups excluding carboxylic acids is 2. The third-order valence-electron chi connectivity index (χ3n) is 2.47. The van der Waals surface area contributed by atoms with Crippen LogP contribution in [0.5, 0.6) is 0 Å². The van der Waals surface area contributed by atoms with Crippen LogP contribution in [0.3, 0.4) is 0 Å². The molecule has 0 unspecified atom stereocenters. The summed E-state index contributed by atoms with van der Waals surface area (Å²) in [5.41, 5.74) is 0.962. The van der Waals surface area contributed by atoms with Crippen molar-refractivity contribution in [2.45, 2.75) is 34.1 Å². The highest BCUT2D eigenvalue weighted by Gasteiger charge is 2.22. The number of ketones is 2. The standard InChI is InChI=1S/C14H18O2/c1-5-12(15)10-6-8-11(9-7-10)13(16)14(2,3)4/h6-9H,5H2,1-4H3. The fourth-order valence-corrected chi connectivity index (χ4v) is 1.44. The van der Waals surface area contributed by atoms with Gasteiger partial charge in [-0.3, -0.25) is 9.59 Å². The molecule has 0 N–H and O–H groups in total. The lowest BCUT2D eigenvalue weighted by molar-refractivity contribution is 0.0857.